The predicted octanol–water partition coefficient (Wildman–Crippen LogP) is 4.41. The van der Waals surface area contributed by atoms with Crippen molar-refractivity contribution in [1.29, 1.82) is 0 Å². The Kier molecular flexibility index (Phi) is 4.17. The second kappa shape index (κ2) is 6.88. The Morgan fingerprint density at radius 1 is 0.933 bits per heavy atom. The summed E-state index contributed by atoms with van der Waals surface area (Å²) in [5.74, 6) is 0. The van der Waals surface area contributed by atoms with Gasteiger partial charge in [0.05, 0.1) is 28.1 Å². The van der Waals surface area contributed by atoms with Crippen LogP contribution in [-0.2, 0) is 7.05 Å². The molecule has 0 aliphatic rings. The molecule has 0 unspecified atom stereocenters. The number of pyridine rings is 3. The molecule has 5 rings (SSSR count). The zero-order valence-corrected chi connectivity index (χ0v) is 17.3. The van der Waals surface area contributed by atoms with E-state index in [1.165, 1.54) is 0 Å². The molecule has 0 saturated heterocycles. The standard InChI is InChI=1S/C23H21N7/c1-13-6-5-7-20(26-13)23-17(12-25-28-23)18-8-9-19-21(27-18)10-16(11-24-19)22-14(2)29-30(4)15(22)3/h5-12H,1-4H3,(H,25,28). The second-order valence-corrected chi connectivity index (χ2v) is 7.44. The molecule has 0 bridgehead atoms. The average Bonchev–Trinajstić information content (AvgIpc) is 3.32. The first kappa shape index (κ1) is 18.2. The van der Waals surface area contributed by atoms with E-state index >= 15 is 0 Å². The number of aromatic amines is 1. The second-order valence-electron chi connectivity index (χ2n) is 7.44. The number of H-pyrrole nitrogens is 1. The SMILES string of the molecule is Cc1cccc(-c2n[nH]cc2-c2ccc3ncc(-c4c(C)nn(C)c4C)cc3n2)n1. The summed E-state index contributed by atoms with van der Waals surface area (Å²) in [5.41, 5.74) is 10.2. The monoisotopic (exact) mass is 395 g/mol. The quantitative estimate of drug-likeness (QED) is 0.489. The van der Waals surface area contributed by atoms with Crippen LogP contribution in [0.4, 0.5) is 0 Å². The van der Waals surface area contributed by atoms with Gasteiger partial charge in [0.1, 0.15) is 5.69 Å². The highest BCUT2D eigenvalue weighted by atomic mass is 15.3. The van der Waals surface area contributed by atoms with E-state index < -0.39 is 0 Å². The molecule has 5 heterocycles. The molecule has 0 radical (unpaired) electrons. The number of aromatic nitrogens is 7. The van der Waals surface area contributed by atoms with Gasteiger partial charge in [0.15, 0.2) is 0 Å². The van der Waals surface area contributed by atoms with Gasteiger partial charge in [-0.2, -0.15) is 10.2 Å². The fourth-order valence-electron chi connectivity index (χ4n) is 3.84. The van der Waals surface area contributed by atoms with Crippen LogP contribution in [0.1, 0.15) is 17.1 Å². The van der Waals surface area contributed by atoms with Gasteiger partial charge >= 0.3 is 0 Å². The summed E-state index contributed by atoms with van der Waals surface area (Å²) in [7, 11) is 1.95. The zero-order chi connectivity index (χ0) is 20.8. The van der Waals surface area contributed by atoms with Crippen molar-refractivity contribution >= 4 is 11.0 Å². The van der Waals surface area contributed by atoms with Crippen molar-refractivity contribution in [3.63, 3.8) is 0 Å². The lowest BCUT2D eigenvalue weighted by Crippen LogP contribution is -1.93. The molecule has 0 aliphatic heterocycles. The van der Waals surface area contributed by atoms with Gasteiger partial charge in [0, 0.05) is 47.5 Å². The van der Waals surface area contributed by atoms with Gasteiger partial charge in [-0.05, 0) is 51.1 Å². The molecular formula is C23H21N7. The van der Waals surface area contributed by atoms with E-state index in [0.717, 1.165) is 61.9 Å². The minimum absolute atomic E-state index is 0.786. The van der Waals surface area contributed by atoms with Crippen LogP contribution in [0.25, 0.3) is 44.8 Å². The number of hydrogen-bond acceptors (Lipinski definition) is 5. The Hall–Kier alpha value is -3.87. The van der Waals surface area contributed by atoms with Crippen LogP contribution in [0.3, 0.4) is 0 Å². The van der Waals surface area contributed by atoms with Crippen molar-refractivity contribution in [2.75, 3.05) is 0 Å². The van der Waals surface area contributed by atoms with Crippen molar-refractivity contribution in [2.24, 2.45) is 7.05 Å². The Morgan fingerprint density at radius 3 is 2.57 bits per heavy atom. The fourth-order valence-corrected chi connectivity index (χ4v) is 3.84. The summed E-state index contributed by atoms with van der Waals surface area (Å²) in [4.78, 5) is 14.1. The Labute approximate surface area is 173 Å². The van der Waals surface area contributed by atoms with Gasteiger partial charge in [0.2, 0.25) is 0 Å². The van der Waals surface area contributed by atoms with Gasteiger partial charge in [-0.15, -0.1) is 0 Å². The molecule has 0 aromatic carbocycles. The lowest BCUT2D eigenvalue weighted by atomic mass is 10.0. The van der Waals surface area contributed by atoms with Crippen molar-refractivity contribution < 1.29 is 0 Å². The van der Waals surface area contributed by atoms with E-state index in [9.17, 15) is 0 Å². The Bertz CT molecular complexity index is 1390. The van der Waals surface area contributed by atoms with Gasteiger partial charge in [0.25, 0.3) is 0 Å². The lowest BCUT2D eigenvalue weighted by molar-refractivity contribution is 0.731. The highest BCUT2D eigenvalue weighted by Crippen LogP contribution is 2.31. The first-order valence-corrected chi connectivity index (χ1v) is 9.77. The summed E-state index contributed by atoms with van der Waals surface area (Å²) in [6.45, 7) is 6.05. The summed E-state index contributed by atoms with van der Waals surface area (Å²) in [6, 6.07) is 12.0. The Morgan fingerprint density at radius 2 is 1.80 bits per heavy atom. The summed E-state index contributed by atoms with van der Waals surface area (Å²) >= 11 is 0. The topological polar surface area (TPSA) is 85.2 Å². The van der Waals surface area contributed by atoms with Gasteiger partial charge in [-0.3, -0.25) is 19.7 Å². The van der Waals surface area contributed by atoms with E-state index in [4.69, 9.17) is 4.98 Å². The highest BCUT2D eigenvalue weighted by Gasteiger charge is 2.16. The molecular weight excluding hydrogens is 374 g/mol. The molecule has 30 heavy (non-hydrogen) atoms. The van der Waals surface area contributed by atoms with Gasteiger partial charge in [-0.1, -0.05) is 6.07 Å². The average molecular weight is 395 g/mol. The van der Waals surface area contributed by atoms with Crippen LogP contribution in [0.5, 0.6) is 0 Å². The molecule has 0 spiro atoms. The third-order valence-corrected chi connectivity index (χ3v) is 5.38. The molecule has 0 amide bonds. The molecule has 7 heteroatoms. The lowest BCUT2D eigenvalue weighted by Gasteiger charge is -2.07. The molecule has 0 atom stereocenters. The van der Waals surface area contributed by atoms with E-state index in [1.807, 2.05) is 68.3 Å². The molecule has 0 aliphatic carbocycles. The molecule has 5 aromatic heterocycles. The minimum atomic E-state index is 0.786. The van der Waals surface area contributed by atoms with Crippen molar-refractivity contribution in [2.45, 2.75) is 20.8 Å². The van der Waals surface area contributed by atoms with Gasteiger partial charge in [-0.25, -0.2) is 4.98 Å². The van der Waals surface area contributed by atoms with Crippen molar-refractivity contribution in [3.8, 4) is 33.8 Å². The van der Waals surface area contributed by atoms with Crippen molar-refractivity contribution in [1.82, 2.24) is 34.9 Å². The van der Waals surface area contributed by atoms with Crippen LogP contribution >= 0.6 is 0 Å². The molecule has 1 N–H and O–H groups in total. The first-order chi connectivity index (χ1) is 14.5. The number of fused-ring (bicyclic) bond motifs is 1. The van der Waals surface area contributed by atoms with E-state index in [0.29, 0.717) is 0 Å². The first-order valence-electron chi connectivity index (χ1n) is 9.77. The molecule has 5 aromatic rings. The predicted molar refractivity (Wildman–Crippen MR) is 117 cm³/mol. The minimum Gasteiger partial charge on any atom is -0.284 e. The van der Waals surface area contributed by atoms with Gasteiger partial charge < -0.3 is 0 Å². The number of rotatable bonds is 3. The maximum atomic E-state index is 4.90. The normalized spacial score (nSPS) is 11.3. The summed E-state index contributed by atoms with van der Waals surface area (Å²) in [5, 5.41) is 11.9. The largest absolute Gasteiger partial charge is 0.284 e. The van der Waals surface area contributed by atoms with Crippen molar-refractivity contribution in [3.05, 3.63) is 65.9 Å². The van der Waals surface area contributed by atoms with Crippen LogP contribution in [0, 0.1) is 20.8 Å². The van der Waals surface area contributed by atoms with E-state index in [1.54, 1.807) is 0 Å². The third kappa shape index (κ3) is 2.95. The highest BCUT2D eigenvalue weighted by molar-refractivity contribution is 5.85. The molecule has 0 saturated carbocycles. The van der Waals surface area contributed by atoms with Crippen LogP contribution in [0.15, 0.2) is 48.8 Å². The molecule has 7 nitrogen and oxygen atoms in total. The van der Waals surface area contributed by atoms with Crippen LogP contribution in [0.2, 0.25) is 0 Å². The number of nitrogens with one attached hydrogen (secondary N) is 1. The number of hydrogen-bond donors (Lipinski definition) is 1. The van der Waals surface area contributed by atoms with Crippen LogP contribution < -0.4 is 0 Å². The summed E-state index contributed by atoms with van der Waals surface area (Å²) < 4.78 is 1.89. The smallest absolute Gasteiger partial charge is 0.120 e. The maximum absolute atomic E-state index is 4.90. The number of nitrogens with zero attached hydrogens (tertiary/aromatic N) is 6. The third-order valence-electron chi connectivity index (χ3n) is 5.38. The summed E-state index contributed by atoms with van der Waals surface area (Å²) in [6.07, 6.45) is 3.75. The molecule has 0 fully saturated rings. The van der Waals surface area contributed by atoms with E-state index in [2.05, 4.69) is 38.3 Å². The van der Waals surface area contributed by atoms with Crippen LogP contribution in [-0.4, -0.2) is 34.9 Å². The zero-order valence-electron chi connectivity index (χ0n) is 17.3. The van der Waals surface area contributed by atoms with E-state index in [-0.39, 0.29) is 0 Å². The molecule has 148 valence electrons. The Balaban J connectivity index is 1.63. The fraction of sp³-hybridized carbons (Fsp3) is 0.174. The number of aryl methyl sites for hydroxylation is 3. The maximum Gasteiger partial charge on any atom is 0.120 e.